The largest absolute Gasteiger partial charge is 0.465 e. The van der Waals surface area contributed by atoms with E-state index in [0.717, 1.165) is 11.5 Å². The van der Waals surface area contributed by atoms with E-state index in [4.69, 9.17) is 11.6 Å². The molecule has 0 radical (unpaired) electrons. The molecule has 0 aliphatic heterocycles. The van der Waals surface area contributed by atoms with Crippen molar-refractivity contribution in [2.24, 2.45) is 0 Å². The lowest BCUT2D eigenvalue weighted by Gasteiger charge is -2.10. The van der Waals surface area contributed by atoms with Gasteiger partial charge < -0.3 is 10.1 Å². The number of ether oxygens (including phenoxy) is 1. The molecule has 8 heteroatoms. The van der Waals surface area contributed by atoms with Crippen LogP contribution in [-0.4, -0.2) is 22.7 Å². The van der Waals surface area contributed by atoms with Crippen LogP contribution in [-0.2, 0) is 11.3 Å². The van der Waals surface area contributed by atoms with E-state index in [1.807, 2.05) is 0 Å². The highest BCUT2D eigenvalue weighted by atomic mass is 35.5. The zero-order valence-electron chi connectivity index (χ0n) is 9.81. The molecule has 0 saturated heterocycles. The standard InChI is InChI=1S/C11H9ClFN3O2S/c1-18-11(17)9-6(13)3-2-4-7(9)14-5-8-10(12)19-16-15-8/h2-4,14H,5H2,1H3. The van der Waals surface area contributed by atoms with Crippen molar-refractivity contribution in [2.45, 2.75) is 6.54 Å². The second-order valence-corrected chi connectivity index (χ2v) is 4.86. The lowest BCUT2D eigenvalue weighted by Crippen LogP contribution is -2.10. The van der Waals surface area contributed by atoms with Gasteiger partial charge in [0.15, 0.2) is 0 Å². The van der Waals surface area contributed by atoms with Gasteiger partial charge in [-0.2, -0.15) is 0 Å². The number of aromatic nitrogens is 2. The number of carbonyl (C=O) groups excluding carboxylic acids is 1. The molecule has 100 valence electrons. The molecule has 0 amide bonds. The summed E-state index contributed by atoms with van der Waals surface area (Å²) in [6.07, 6.45) is 0. The molecule has 1 heterocycles. The van der Waals surface area contributed by atoms with Crippen molar-refractivity contribution in [3.63, 3.8) is 0 Å². The Labute approximate surface area is 117 Å². The quantitative estimate of drug-likeness (QED) is 0.880. The molecular formula is C11H9ClFN3O2S. The fraction of sp³-hybridized carbons (Fsp3) is 0.182. The molecule has 0 fully saturated rings. The van der Waals surface area contributed by atoms with E-state index in [2.05, 4.69) is 19.6 Å². The Morgan fingerprint density at radius 2 is 2.37 bits per heavy atom. The van der Waals surface area contributed by atoms with Gasteiger partial charge in [0.25, 0.3) is 0 Å². The lowest BCUT2D eigenvalue weighted by molar-refractivity contribution is 0.0596. The molecule has 2 aromatic rings. The van der Waals surface area contributed by atoms with Crippen LogP contribution in [0.1, 0.15) is 16.1 Å². The summed E-state index contributed by atoms with van der Waals surface area (Å²) in [6.45, 7) is 0.239. The maximum absolute atomic E-state index is 13.6. The Hall–Kier alpha value is -1.73. The number of anilines is 1. The van der Waals surface area contributed by atoms with Crippen molar-refractivity contribution in [1.82, 2.24) is 9.59 Å². The number of esters is 1. The first-order chi connectivity index (χ1) is 9.13. The molecule has 19 heavy (non-hydrogen) atoms. The minimum absolute atomic E-state index is 0.149. The number of hydrogen-bond acceptors (Lipinski definition) is 6. The molecule has 5 nitrogen and oxygen atoms in total. The van der Waals surface area contributed by atoms with E-state index < -0.39 is 11.8 Å². The van der Waals surface area contributed by atoms with Gasteiger partial charge in [-0.25, -0.2) is 9.18 Å². The first-order valence-electron chi connectivity index (χ1n) is 5.21. The summed E-state index contributed by atoms with van der Waals surface area (Å²) in [5, 5.41) is 6.70. The summed E-state index contributed by atoms with van der Waals surface area (Å²) in [5.41, 5.74) is 0.701. The van der Waals surface area contributed by atoms with Gasteiger partial charge in [0.1, 0.15) is 21.4 Å². The van der Waals surface area contributed by atoms with Crippen LogP contribution in [0.2, 0.25) is 4.34 Å². The minimum Gasteiger partial charge on any atom is -0.465 e. The van der Waals surface area contributed by atoms with Gasteiger partial charge in [0.2, 0.25) is 0 Å². The second kappa shape index (κ2) is 5.94. The first-order valence-corrected chi connectivity index (χ1v) is 6.36. The van der Waals surface area contributed by atoms with Crippen molar-refractivity contribution >= 4 is 34.8 Å². The predicted molar refractivity (Wildman–Crippen MR) is 70.0 cm³/mol. The highest BCUT2D eigenvalue weighted by Crippen LogP contribution is 2.22. The second-order valence-electron chi connectivity index (χ2n) is 3.50. The van der Waals surface area contributed by atoms with Crippen molar-refractivity contribution in [3.05, 3.63) is 39.6 Å². The topological polar surface area (TPSA) is 64.1 Å². The van der Waals surface area contributed by atoms with Crippen LogP contribution in [0, 0.1) is 5.82 Å². The molecule has 0 saturated carbocycles. The molecule has 0 atom stereocenters. The van der Waals surface area contributed by atoms with Gasteiger partial charge in [-0.1, -0.05) is 22.2 Å². The molecule has 1 aromatic heterocycles. The van der Waals surface area contributed by atoms with Crippen molar-refractivity contribution in [1.29, 1.82) is 0 Å². The zero-order chi connectivity index (χ0) is 13.8. The summed E-state index contributed by atoms with van der Waals surface area (Å²) in [4.78, 5) is 11.5. The molecule has 0 unspecified atom stereocenters. The SMILES string of the molecule is COC(=O)c1c(F)cccc1NCc1nnsc1Cl. The number of methoxy groups -OCH3 is 1. The van der Waals surface area contributed by atoms with Crippen LogP contribution in [0.3, 0.4) is 0 Å². The van der Waals surface area contributed by atoms with Crippen LogP contribution < -0.4 is 5.32 Å². The monoisotopic (exact) mass is 301 g/mol. The molecule has 0 spiro atoms. The number of nitrogens with one attached hydrogen (secondary N) is 1. The van der Waals surface area contributed by atoms with E-state index in [1.54, 1.807) is 6.07 Å². The summed E-state index contributed by atoms with van der Waals surface area (Å²) in [5.74, 6) is -1.40. The number of nitrogens with zero attached hydrogens (tertiary/aromatic N) is 2. The Morgan fingerprint density at radius 1 is 1.58 bits per heavy atom. The van der Waals surface area contributed by atoms with Gasteiger partial charge in [-0.15, -0.1) is 5.10 Å². The predicted octanol–water partition coefficient (Wildman–Crippen LogP) is 2.73. The number of rotatable bonds is 4. The average molecular weight is 302 g/mol. The smallest absolute Gasteiger partial charge is 0.342 e. The molecule has 0 aliphatic rings. The minimum atomic E-state index is -0.747. The normalized spacial score (nSPS) is 10.3. The fourth-order valence-corrected chi connectivity index (χ4v) is 2.09. The van der Waals surface area contributed by atoms with Crippen molar-refractivity contribution < 1.29 is 13.9 Å². The van der Waals surface area contributed by atoms with Gasteiger partial charge in [0, 0.05) is 11.5 Å². The van der Waals surface area contributed by atoms with Gasteiger partial charge in [-0.05, 0) is 12.1 Å². The van der Waals surface area contributed by atoms with Crippen LogP contribution in [0.15, 0.2) is 18.2 Å². The van der Waals surface area contributed by atoms with Gasteiger partial charge in [-0.3, -0.25) is 0 Å². The Kier molecular flexibility index (Phi) is 4.28. The highest BCUT2D eigenvalue weighted by molar-refractivity contribution is 7.10. The van der Waals surface area contributed by atoms with Gasteiger partial charge in [0.05, 0.1) is 19.3 Å². The van der Waals surface area contributed by atoms with Gasteiger partial charge >= 0.3 is 5.97 Å². The van der Waals surface area contributed by atoms with E-state index in [-0.39, 0.29) is 12.1 Å². The van der Waals surface area contributed by atoms with E-state index in [9.17, 15) is 9.18 Å². The number of hydrogen-bond donors (Lipinski definition) is 1. The van der Waals surface area contributed by atoms with Crippen LogP contribution >= 0.6 is 23.1 Å². The molecule has 0 aliphatic carbocycles. The number of benzene rings is 1. The first kappa shape index (κ1) is 13.7. The number of carbonyl (C=O) groups is 1. The number of halogens is 2. The summed E-state index contributed by atoms with van der Waals surface area (Å²) < 4.78 is 22.3. The van der Waals surface area contributed by atoms with E-state index in [0.29, 0.717) is 15.7 Å². The molecule has 2 rings (SSSR count). The fourth-order valence-electron chi connectivity index (χ4n) is 1.46. The van der Waals surface area contributed by atoms with E-state index >= 15 is 0 Å². The molecule has 0 bridgehead atoms. The summed E-state index contributed by atoms with van der Waals surface area (Å²) in [6, 6.07) is 4.25. The zero-order valence-corrected chi connectivity index (χ0v) is 11.4. The summed E-state index contributed by atoms with van der Waals surface area (Å²) in [7, 11) is 1.19. The summed E-state index contributed by atoms with van der Waals surface area (Å²) >= 11 is 6.91. The molecular weight excluding hydrogens is 293 g/mol. The van der Waals surface area contributed by atoms with Crippen molar-refractivity contribution in [2.75, 3.05) is 12.4 Å². The average Bonchev–Trinajstić information content (AvgIpc) is 2.81. The van der Waals surface area contributed by atoms with Crippen LogP contribution in [0.5, 0.6) is 0 Å². The maximum Gasteiger partial charge on any atom is 0.342 e. The Morgan fingerprint density at radius 3 is 3.00 bits per heavy atom. The Balaban J connectivity index is 2.23. The van der Waals surface area contributed by atoms with Crippen LogP contribution in [0.4, 0.5) is 10.1 Å². The third-order valence-corrected chi connectivity index (χ3v) is 3.34. The van der Waals surface area contributed by atoms with E-state index in [1.165, 1.54) is 19.2 Å². The molecule has 1 aromatic carbocycles. The third kappa shape index (κ3) is 2.99. The lowest BCUT2D eigenvalue weighted by atomic mass is 10.1. The molecule has 1 N–H and O–H groups in total. The Bertz CT molecular complexity index is 605. The third-order valence-electron chi connectivity index (χ3n) is 2.36. The maximum atomic E-state index is 13.6. The van der Waals surface area contributed by atoms with Crippen LogP contribution in [0.25, 0.3) is 0 Å². The van der Waals surface area contributed by atoms with Crippen molar-refractivity contribution in [3.8, 4) is 0 Å². The highest BCUT2D eigenvalue weighted by Gasteiger charge is 2.17.